The lowest BCUT2D eigenvalue weighted by atomic mass is 9.83. The van der Waals surface area contributed by atoms with Gasteiger partial charge in [0.1, 0.15) is 6.29 Å². The van der Waals surface area contributed by atoms with Crippen LogP contribution in [0.2, 0.25) is 0 Å². The van der Waals surface area contributed by atoms with Crippen LogP contribution in [0.5, 0.6) is 0 Å². The molecule has 0 unspecified atom stereocenters. The van der Waals surface area contributed by atoms with Crippen molar-refractivity contribution >= 4 is 6.29 Å². The van der Waals surface area contributed by atoms with Gasteiger partial charge in [0, 0.05) is 0 Å². The maximum absolute atomic E-state index is 10.5. The van der Waals surface area contributed by atoms with Crippen LogP contribution in [-0.2, 0) is 4.79 Å². The van der Waals surface area contributed by atoms with Gasteiger partial charge < -0.3 is 5.11 Å². The van der Waals surface area contributed by atoms with E-state index in [4.69, 9.17) is 0 Å². The third kappa shape index (κ3) is 3.53. The van der Waals surface area contributed by atoms with Crippen LogP contribution >= 0.6 is 0 Å². The second-order valence-corrected chi connectivity index (χ2v) is 5.55. The second kappa shape index (κ2) is 5.63. The van der Waals surface area contributed by atoms with Gasteiger partial charge in [0.05, 0.1) is 5.60 Å². The van der Waals surface area contributed by atoms with Gasteiger partial charge in [-0.1, -0.05) is 25.2 Å². The first-order valence-corrected chi connectivity index (χ1v) is 6.40. The highest BCUT2D eigenvalue weighted by Gasteiger charge is 2.41. The Balaban J connectivity index is 2.47. The molecule has 0 radical (unpaired) electrons. The van der Waals surface area contributed by atoms with Gasteiger partial charge in [-0.25, -0.2) is 0 Å². The van der Waals surface area contributed by atoms with Gasteiger partial charge in [0.25, 0.3) is 0 Å². The summed E-state index contributed by atoms with van der Waals surface area (Å²) in [4.78, 5) is 10.5. The van der Waals surface area contributed by atoms with Crippen molar-refractivity contribution in [2.24, 2.45) is 11.8 Å². The molecule has 2 nitrogen and oxygen atoms in total. The van der Waals surface area contributed by atoms with E-state index in [9.17, 15) is 9.90 Å². The summed E-state index contributed by atoms with van der Waals surface area (Å²) in [5, 5.41) is 10.1. The summed E-state index contributed by atoms with van der Waals surface area (Å²) in [6, 6.07) is 0. The van der Waals surface area contributed by atoms with Crippen LogP contribution < -0.4 is 0 Å². The molecule has 17 heavy (non-hydrogen) atoms. The smallest absolute Gasteiger partial charge is 0.145 e. The van der Waals surface area contributed by atoms with Crippen LogP contribution in [0.25, 0.3) is 0 Å². The monoisotopic (exact) mass is 236 g/mol. The second-order valence-electron chi connectivity index (χ2n) is 5.55. The van der Waals surface area contributed by atoms with Gasteiger partial charge in [0.2, 0.25) is 0 Å². The number of rotatable bonds is 5. The Hall–Kier alpha value is -0.890. The largest absolute Gasteiger partial charge is 0.390 e. The fourth-order valence-electron chi connectivity index (χ4n) is 2.64. The van der Waals surface area contributed by atoms with Gasteiger partial charge in [-0.3, -0.25) is 4.79 Å². The number of carbonyl (C=O) groups excluding carboxylic acids is 1. The Bertz CT molecular complexity index is 326. The number of allylic oxidation sites excluding steroid dienone is 3. The average Bonchev–Trinajstić information content (AvgIpc) is 2.54. The molecule has 1 rings (SSSR count). The molecule has 1 saturated carbocycles. The zero-order valence-corrected chi connectivity index (χ0v) is 11.2. The normalized spacial score (nSPS) is 33.8. The third-order valence-corrected chi connectivity index (χ3v) is 4.19. The van der Waals surface area contributed by atoms with Gasteiger partial charge in [0.15, 0.2) is 0 Å². The zero-order chi connectivity index (χ0) is 13.1. The molecule has 3 atom stereocenters. The molecule has 0 saturated heterocycles. The molecule has 0 aromatic carbocycles. The van der Waals surface area contributed by atoms with E-state index in [2.05, 4.69) is 13.5 Å². The number of aliphatic hydroxyl groups is 1. The van der Waals surface area contributed by atoms with E-state index in [-0.39, 0.29) is 5.92 Å². The highest BCUT2D eigenvalue weighted by molar-refractivity contribution is 5.71. The quantitative estimate of drug-likeness (QED) is 0.452. The lowest BCUT2D eigenvalue weighted by Gasteiger charge is -2.26. The summed E-state index contributed by atoms with van der Waals surface area (Å²) in [6.07, 6.45) is 6.51. The molecule has 0 aromatic heterocycles. The minimum atomic E-state index is -0.540. The first-order chi connectivity index (χ1) is 7.88. The molecule has 0 amide bonds. The molecule has 96 valence electrons. The number of hydrogen-bond acceptors (Lipinski definition) is 2. The van der Waals surface area contributed by atoms with Crippen LogP contribution in [0.3, 0.4) is 0 Å². The van der Waals surface area contributed by atoms with Crippen LogP contribution in [0, 0.1) is 11.8 Å². The Morgan fingerprint density at radius 2 is 2.24 bits per heavy atom. The number of carbonyl (C=O) groups is 1. The van der Waals surface area contributed by atoms with Gasteiger partial charge in [-0.05, 0) is 56.9 Å². The number of hydrogen-bond donors (Lipinski definition) is 1. The predicted octanol–water partition coefficient (Wildman–Crippen LogP) is 3.27. The topological polar surface area (TPSA) is 37.3 Å². The summed E-state index contributed by atoms with van der Waals surface area (Å²) in [6.45, 7) is 9.99. The molecule has 0 spiro atoms. The molecular weight excluding hydrogens is 212 g/mol. The van der Waals surface area contributed by atoms with Gasteiger partial charge in [-0.15, -0.1) is 0 Å². The first-order valence-electron chi connectivity index (χ1n) is 6.40. The van der Waals surface area contributed by atoms with E-state index in [1.54, 1.807) is 0 Å². The van der Waals surface area contributed by atoms with Gasteiger partial charge in [-0.2, -0.15) is 0 Å². The molecule has 1 aliphatic rings. The Morgan fingerprint density at radius 3 is 2.71 bits per heavy atom. The zero-order valence-electron chi connectivity index (χ0n) is 11.2. The summed E-state index contributed by atoms with van der Waals surface area (Å²) >= 11 is 0. The minimum Gasteiger partial charge on any atom is -0.390 e. The molecule has 1 aliphatic carbocycles. The van der Waals surface area contributed by atoms with Crippen molar-refractivity contribution in [3.05, 3.63) is 23.8 Å². The van der Waals surface area contributed by atoms with Crippen LogP contribution in [0.1, 0.15) is 46.5 Å². The van der Waals surface area contributed by atoms with Crippen molar-refractivity contribution in [2.75, 3.05) is 0 Å². The minimum absolute atomic E-state index is 0.283. The molecule has 0 bridgehead atoms. The predicted molar refractivity (Wildman–Crippen MR) is 70.7 cm³/mol. The third-order valence-electron chi connectivity index (χ3n) is 4.19. The summed E-state index contributed by atoms with van der Waals surface area (Å²) in [5.41, 5.74) is 1.46. The summed E-state index contributed by atoms with van der Waals surface area (Å²) < 4.78 is 0. The lowest BCUT2D eigenvalue weighted by Crippen LogP contribution is -2.29. The van der Waals surface area contributed by atoms with Gasteiger partial charge >= 0.3 is 0 Å². The fraction of sp³-hybridized carbons (Fsp3) is 0.667. The van der Waals surface area contributed by atoms with E-state index in [1.165, 1.54) is 5.57 Å². The lowest BCUT2D eigenvalue weighted by molar-refractivity contribution is -0.104. The molecule has 0 aromatic rings. The highest BCUT2D eigenvalue weighted by Crippen LogP contribution is 2.43. The SMILES string of the molecule is C=C(CC/C=C(\C)C=O)[C@H]1CC[C@](C)(O)[C@@H]1C. The van der Waals surface area contributed by atoms with Crippen molar-refractivity contribution in [3.8, 4) is 0 Å². The maximum Gasteiger partial charge on any atom is 0.145 e. The molecule has 1 fully saturated rings. The maximum atomic E-state index is 10.5. The Morgan fingerprint density at radius 1 is 1.59 bits per heavy atom. The summed E-state index contributed by atoms with van der Waals surface area (Å²) in [7, 11) is 0. The van der Waals surface area contributed by atoms with E-state index < -0.39 is 5.60 Å². The summed E-state index contributed by atoms with van der Waals surface area (Å²) in [5.74, 6) is 0.709. The average molecular weight is 236 g/mol. The van der Waals surface area contributed by atoms with Crippen molar-refractivity contribution in [2.45, 2.75) is 52.1 Å². The fourth-order valence-corrected chi connectivity index (χ4v) is 2.64. The molecule has 2 heteroatoms. The molecule has 0 heterocycles. The Labute approximate surface area is 104 Å². The van der Waals surface area contributed by atoms with Crippen LogP contribution in [-0.4, -0.2) is 17.0 Å². The van der Waals surface area contributed by atoms with E-state index >= 15 is 0 Å². The first kappa shape index (κ1) is 14.2. The van der Waals surface area contributed by atoms with E-state index in [0.29, 0.717) is 5.92 Å². The standard InChI is InChI=1S/C15H24O2/c1-11(10-16)6-5-7-12(2)14-8-9-15(4,17)13(14)3/h6,10,13-14,17H,2,5,7-9H2,1,3-4H3/b11-6+/t13-,14-,15+/m1/s1. The van der Waals surface area contributed by atoms with Crippen molar-refractivity contribution in [1.82, 2.24) is 0 Å². The van der Waals surface area contributed by atoms with E-state index in [1.807, 2.05) is 19.9 Å². The number of aldehydes is 1. The molecular formula is C15H24O2. The van der Waals surface area contributed by atoms with Crippen LogP contribution in [0.15, 0.2) is 23.8 Å². The highest BCUT2D eigenvalue weighted by atomic mass is 16.3. The van der Waals surface area contributed by atoms with Crippen LogP contribution in [0.4, 0.5) is 0 Å². The van der Waals surface area contributed by atoms with Crippen molar-refractivity contribution < 1.29 is 9.90 Å². The van der Waals surface area contributed by atoms with Crippen molar-refractivity contribution in [1.29, 1.82) is 0 Å². The van der Waals surface area contributed by atoms with Crippen molar-refractivity contribution in [3.63, 3.8) is 0 Å². The molecule has 0 aliphatic heterocycles. The van der Waals surface area contributed by atoms with E-state index in [0.717, 1.165) is 37.5 Å². The molecule has 1 N–H and O–H groups in total. The Kier molecular flexibility index (Phi) is 4.70.